The van der Waals surface area contributed by atoms with Crippen molar-refractivity contribution in [3.63, 3.8) is 0 Å². The molecule has 0 spiro atoms. The zero-order valence-corrected chi connectivity index (χ0v) is 12.0. The van der Waals surface area contributed by atoms with Crippen molar-refractivity contribution >= 4 is 0 Å². The van der Waals surface area contributed by atoms with Crippen molar-refractivity contribution < 1.29 is 20.4 Å². The predicted octanol–water partition coefficient (Wildman–Crippen LogP) is 1.31. The molecule has 0 aromatic carbocycles. The second-order valence-corrected chi connectivity index (χ2v) is 5.45. The van der Waals surface area contributed by atoms with E-state index in [1.54, 1.807) is 0 Å². The predicted molar refractivity (Wildman–Crippen MR) is 72.2 cm³/mol. The lowest BCUT2D eigenvalue weighted by atomic mass is 9.73. The standard InChI is InChI=1S/C14H30O4/c1-4-13(9-15,10-16)8-7-12(18)14(5-2,6-3)11-17/h12,15-18H,4-11H2,1-3H3. The van der Waals surface area contributed by atoms with Gasteiger partial charge in [-0.05, 0) is 32.1 Å². The molecule has 0 aromatic heterocycles. The summed E-state index contributed by atoms with van der Waals surface area (Å²) in [6.07, 6.45) is 2.59. The van der Waals surface area contributed by atoms with Crippen molar-refractivity contribution in [1.82, 2.24) is 0 Å². The molecule has 0 radical (unpaired) electrons. The first-order chi connectivity index (χ1) is 8.49. The average molecular weight is 262 g/mol. The Kier molecular flexibility index (Phi) is 8.03. The van der Waals surface area contributed by atoms with Crippen molar-refractivity contribution in [2.75, 3.05) is 19.8 Å². The lowest BCUT2D eigenvalue weighted by Gasteiger charge is -2.37. The SMILES string of the molecule is CCC(CO)(CO)CCC(O)C(CC)(CC)CO. The lowest BCUT2D eigenvalue weighted by Crippen LogP contribution is -2.39. The summed E-state index contributed by atoms with van der Waals surface area (Å²) in [7, 11) is 0. The van der Waals surface area contributed by atoms with Gasteiger partial charge in [0.25, 0.3) is 0 Å². The van der Waals surface area contributed by atoms with E-state index in [1.807, 2.05) is 20.8 Å². The minimum atomic E-state index is -0.596. The third-order valence-corrected chi connectivity index (χ3v) is 4.80. The van der Waals surface area contributed by atoms with Crippen molar-refractivity contribution in [2.24, 2.45) is 10.8 Å². The molecule has 4 heteroatoms. The van der Waals surface area contributed by atoms with Crippen molar-refractivity contribution in [3.05, 3.63) is 0 Å². The van der Waals surface area contributed by atoms with Crippen LogP contribution in [0.5, 0.6) is 0 Å². The quantitative estimate of drug-likeness (QED) is 0.478. The van der Waals surface area contributed by atoms with Gasteiger partial charge in [0.15, 0.2) is 0 Å². The Labute approximate surface area is 111 Å². The van der Waals surface area contributed by atoms with E-state index in [9.17, 15) is 20.4 Å². The summed E-state index contributed by atoms with van der Waals surface area (Å²) in [5.41, 5.74) is -0.964. The third-order valence-electron chi connectivity index (χ3n) is 4.80. The van der Waals surface area contributed by atoms with Crippen LogP contribution in [0.15, 0.2) is 0 Å². The molecule has 0 aliphatic rings. The van der Waals surface area contributed by atoms with Gasteiger partial charge in [-0.3, -0.25) is 0 Å². The molecule has 0 bridgehead atoms. The van der Waals surface area contributed by atoms with E-state index in [-0.39, 0.29) is 19.8 Å². The molecule has 0 heterocycles. The van der Waals surface area contributed by atoms with Crippen LogP contribution in [0.3, 0.4) is 0 Å². The van der Waals surface area contributed by atoms with Gasteiger partial charge < -0.3 is 20.4 Å². The van der Waals surface area contributed by atoms with E-state index in [2.05, 4.69) is 0 Å². The Morgan fingerprint density at radius 1 is 0.833 bits per heavy atom. The molecule has 110 valence electrons. The van der Waals surface area contributed by atoms with Gasteiger partial charge in [-0.25, -0.2) is 0 Å². The molecule has 0 amide bonds. The van der Waals surface area contributed by atoms with Crippen LogP contribution in [-0.4, -0.2) is 46.4 Å². The zero-order chi connectivity index (χ0) is 14.2. The van der Waals surface area contributed by atoms with E-state index in [1.165, 1.54) is 0 Å². The van der Waals surface area contributed by atoms with Crippen molar-refractivity contribution in [3.8, 4) is 0 Å². The summed E-state index contributed by atoms with van der Waals surface area (Å²) in [6, 6.07) is 0. The topological polar surface area (TPSA) is 80.9 Å². The second kappa shape index (κ2) is 8.10. The summed E-state index contributed by atoms with van der Waals surface area (Å²) in [5, 5.41) is 38.5. The summed E-state index contributed by atoms with van der Waals surface area (Å²) in [6.45, 7) is 5.69. The minimum absolute atomic E-state index is 0.0292. The van der Waals surface area contributed by atoms with E-state index in [0.717, 1.165) is 12.8 Å². The Balaban J connectivity index is 4.60. The monoisotopic (exact) mass is 262 g/mol. The molecule has 0 saturated heterocycles. The van der Waals surface area contributed by atoms with Gasteiger partial charge in [-0.1, -0.05) is 20.8 Å². The maximum atomic E-state index is 10.3. The largest absolute Gasteiger partial charge is 0.396 e. The molecule has 0 rings (SSSR count). The van der Waals surface area contributed by atoms with E-state index in [4.69, 9.17) is 0 Å². The van der Waals surface area contributed by atoms with Crippen LogP contribution in [0.25, 0.3) is 0 Å². The van der Waals surface area contributed by atoms with Crippen LogP contribution >= 0.6 is 0 Å². The molecule has 18 heavy (non-hydrogen) atoms. The molecule has 1 atom stereocenters. The van der Waals surface area contributed by atoms with Crippen LogP contribution in [0.2, 0.25) is 0 Å². The maximum Gasteiger partial charge on any atom is 0.0618 e. The average Bonchev–Trinajstić information content (AvgIpc) is 2.43. The van der Waals surface area contributed by atoms with Gasteiger partial charge in [-0.2, -0.15) is 0 Å². The highest BCUT2D eigenvalue weighted by Gasteiger charge is 2.36. The fourth-order valence-electron chi connectivity index (χ4n) is 2.41. The van der Waals surface area contributed by atoms with Gasteiger partial charge in [0.05, 0.1) is 25.9 Å². The fraction of sp³-hybridized carbons (Fsp3) is 1.00. The normalized spacial score (nSPS) is 14.8. The highest BCUT2D eigenvalue weighted by molar-refractivity contribution is 4.86. The van der Waals surface area contributed by atoms with E-state index in [0.29, 0.717) is 19.3 Å². The Hall–Kier alpha value is -0.160. The smallest absolute Gasteiger partial charge is 0.0618 e. The van der Waals surface area contributed by atoms with Crippen LogP contribution < -0.4 is 0 Å². The molecule has 4 nitrogen and oxygen atoms in total. The second-order valence-electron chi connectivity index (χ2n) is 5.45. The van der Waals surface area contributed by atoms with Gasteiger partial charge in [0.2, 0.25) is 0 Å². The molecule has 1 unspecified atom stereocenters. The molecule has 0 aromatic rings. The van der Waals surface area contributed by atoms with Gasteiger partial charge in [0.1, 0.15) is 0 Å². The molecule has 0 saturated carbocycles. The molecule has 4 N–H and O–H groups in total. The Bertz CT molecular complexity index is 193. The molecule has 0 aliphatic heterocycles. The number of rotatable bonds is 10. The van der Waals surface area contributed by atoms with Crippen LogP contribution in [0, 0.1) is 10.8 Å². The van der Waals surface area contributed by atoms with Crippen molar-refractivity contribution in [2.45, 2.75) is 59.0 Å². The number of hydrogen-bond acceptors (Lipinski definition) is 4. The highest BCUT2D eigenvalue weighted by Crippen LogP contribution is 2.36. The number of aliphatic hydroxyl groups excluding tert-OH is 4. The zero-order valence-electron chi connectivity index (χ0n) is 12.0. The Morgan fingerprint density at radius 2 is 1.33 bits per heavy atom. The fourth-order valence-corrected chi connectivity index (χ4v) is 2.41. The number of aliphatic hydroxyl groups is 4. The van der Waals surface area contributed by atoms with Crippen LogP contribution in [-0.2, 0) is 0 Å². The molecular weight excluding hydrogens is 232 g/mol. The van der Waals surface area contributed by atoms with Gasteiger partial charge in [0, 0.05) is 10.8 Å². The molecular formula is C14H30O4. The highest BCUT2D eigenvalue weighted by atomic mass is 16.3. The summed E-state index contributed by atoms with van der Waals surface area (Å²) < 4.78 is 0. The van der Waals surface area contributed by atoms with Crippen LogP contribution in [0.4, 0.5) is 0 Å². The first kappa shape index (κ1) is 17.8. The maximum absolute atomic E-state index is 10.3. The Morgan fingerprint density at radius 3 is 1.61 bits per heavy atom. The minimum Gasteiger partial charge on any atom is -0.396 e. The molecule has 0 aliphatic carbocycles. The summed E-state index contributed by atoms with van der Waals surface area (Å²) in [5.74, 6) is 0. The number of hydrogen-bond donors (Lipinski definition) is 4. The summed E-state index contributed by atoms with van der Waals surface area (Å²) >= 11 is 0. The van der Waals surface area contributed by atoms with E-state index >= 15 is 0 Å². The van der Waals surface area contributed by atoms with Gasteiger partial charge >= 0.3 is 0 Å². The van der Waals surface area contributed by atoms with Crippen molar-refractivity contribution in [1.29, 1.82) is 0 Å². The lowest BCUT2D eigenvalue weighted by molar-refractivity contribution is -0.0434. The van der Waals surface area contributed by atoms with Crippen LogP contribution in [0.1, 0.15) is 52.9 Å². The molecule has 0 fully saturated rings. The van der Waals surface area contributed by atoms with Gasteiger partial charge in [-0.15, -0.1) is 0 Å². The summed E-state index contributed by atoms with van der Waals surface area (Å²) in [4.78, 5) is 0. The first-order valence-corrected chi connectivity index (χ1v) is 7.00. The van der Waals surface area contributed by atoms with E-state index < -0.39 is 16.9 Å². The third kappa shape index (κ3) is 3.92. The first-order valence-electron chi connectivity index (χ1n) is 7.00.